The molecule has 0 bridgehead atoms. The number of methoxy groups -OCH3 is 1. The minimum atomic E-state index is -0.274. The normalized spacial score (nSPS) is 17.1. The van der Waals surface area contributed by atoms with Crippen molar-refractivity contribution in [3.05, 3.63) is 65.2 Å². The Labute approximate surface area is 159 Å². The maximum atomic E-state index is 13.0. The first kappa shape index (κ1) is 17.6. The van der Waals surface area contributed by atoms with Crippen LogP contribution >= 0.6 is 0 Å². The van der Waals surface area contributed by atoms with Gasteiger partial charge in [0, 0.05) is 25.2 Å². The van der Waals surface area contributed by atoms with Gasteiger partial charge in [0.1, 0.15) is 5.75 Å². The number of benzene rings is 2. The Balaban J connectivity index is 1.63. The molecule has 0 spiro atoms. The quantitative estimate of drug-likeness (QED) is 0.817. The van der Waals surface area contributed by atoms with Gasteiger partial charge in [-0.15, -0.1) is 0 Å². The smallest absolute Gasteiger partial charge is 0.255 e. The summed E-state index contributed by atoms with van der Waals surface area (Å²) in [5.74, 6) is 0.886. The SMILES string of the molecule is COc1ccc([C@H](CC(=O)N2CCCC2)N2Cc3ccccc3C2=O)cc1. The van der Waals surface area contributed by atoms with Crippen molar-refractivity contribution >= 4 is 11.8 Å². The van der Waals surface area contributed by atoms with Crippen LogP contribution in [0.1, 0.15) is 46.8 Å². The summed E-state index contributed by atoms with van der Waals surface area (Å²) in [5, 5.41) is 0. The zero-order chi connectivity index (χ0) is 18.8. The van der Waals surface area contributed by atoms with E-state index in [-0.39, 0.29) is 17.9 Å². The van der Waals surface area contributed by atoms with E-state index in [1.165, 1.54) is 0 Å². The van der Waals surface area contributed by atoms with Crippen molar-refractivity contribution in [3.8, 4) is 5.75 Å². The van der Waals surface area contributed by atoms with Crippen LogP contribution in [0.4, 0.5) is 0 Å². The predicted octanol–water partition coefficient (Wildman–Crippen LogP) is 3.40. The van der Waals surface area contributed by atoms with E-state index in [2.05, 4.69) is 0 Å². The lowest BCUT2D eigenvalue weighted by molar-refractivity contribution is -0.131. The fourth-order valence-corrected chi connectivity index (χ4v) is 4.02. The molecular weight excluding hydrogens is 340 g/mol. The number of hydrogen-bond acceptors (Lipinski definition) is 3. The lowest BCUT2D eigenvalue weighted by atomic mass is 10.0. The Morgan fingerprint density at radius 2 is 1.78 bits per heavy atom. The molecule has 140 valence electrons. The summed E-state index contributed by atoms with van der Waals surface area (Å²) < 4.78 is 5.25. The van der Waals surface area contributed by atoms with Gasteiger partial charge in [-0.25, -0.2) is 0 Å². The van der Waals surface area contributed by atoms with E-state index in [1.54, 1.807) is 7.11 Å². The van der Waals surface area contributed by atoms with Crippen LogP contribution in [0.5, 0.6) is 5.75 Å². The molecular formula is C22H24N2O3. The highest BCUT2D eigenvalue weighted by molar-refractivity contribution is 5.98. The minimum Gasteiger partial charge on any atom is -0.497 e. The molecule has 5 heteroatoms. The summed E-state index contributed by atoms with van der Waals surface area (Å²) in [4.78, 5) is 29.6. The topological polar surface area (TPSA) is 49.9 Å². The number of carbonyl (C=O) groups excluding carboxylic acids is 2. The predicted molar refractivity (Wildman–Crippen MR) is 102 cm³/mol. The van der Waals surface area contributed by atoms with Crippen molar-refractivity contribution in [2.24, 2.45) is 0 Å². The van der Waals surface area contributed by atoms with Crippen LogP contribution in [-0.2, 0) is 11.3 Å². The van der Waals surface area contributed by atoms with Gasteiger partial charge in [0.2, 0.25) is 5.91 Å². The minimum absolute atomic E-state index is 0.000593. The largest absolute Gasteiger partial charge is 0.497 e. The van der Waals surface area contributed by atoms with E-state index in [1.807, 2.05) is 58.3 Å². The van der Waals surface area contributed by atoms with Crippen LogP contribution < -0.4 is 4.74 Å². The number of hydrogen-bond donors (Lipinski definition) is 0. The lowest BCUT2D eigenvalue weighted by Crippen LogP contribution is -2.35. The molecule has 2 aliphatic heterocycles. The zero-order valence-corrected chi connectivity index (χ0v) is 15.6. The van der Waals surface area contributed by atoms with Crippen LogP contribution in [0.3, 0.4) is 0 Å². The third-order valence-corrected chi connectivity index (χ3v) is 5.55. The molecule has 0 aromatic heterocycles. The first-order chi connectivity index (χ1) is 13.2. The van der Waals surface area contributed by atoms with Crippen LogP contribution in [-0.4, -0.2) is 41.8 Å². The molecule has 27 heavy (non-hydrogen) atoms. The molecule has 0 radical (unpaired) electrons. The molecule has 1 saturated heterocycles. The molecule has 0 aliphatic carbocycles. The van der Waals surface area contributed by atoms with Gasteiger partial charge in [-0.3, -0.25) is 9.59 Å². The van der Waals surface area contributed by atoms with Crippen LogP contribution in [0.25, 0.3) is 0 Å². The molecule has 4 rings (SSSR count). The molecule has 2 aromatic carbocycles. The molecule has 2 aliphatic rings. The van der Waals surface area contributed by atoms with Gasteiger partial charge in [0.25, 0.3) is 5.91 Å². The van der Waals surface area contributed by atoms with Gasteiger partial charge in [0.15, 0.2) is 0 Å². The fraction of sp³-hybridized carbons (Fsp3) is 0.364. The van der Waals surface area contributed by atoms with E-state index in [0.29, 0.717) is 13.0 Å². The van der Waals surface area contributed by atoms with Crippen molar-refractivity contribution in [1.29, 1.82) is 0 Å². The molecule has 0 N–H and O–H groups in total. The Morgan fingerprint density at radius 1 is 1.07 bits per heavy atom. The van der Waals surface area contributed by atoms with E-state index < -0.39 is 0 Å². The molecule has 2 amide bonds. The summed E-state index contributed by atoms with van der Waals surface area (Å²) in [6.07, 6.45) is 2.44. The maximum Gasteiger partial charge on any atom is 0.255 e. The van der Waals surface area contributed by atoms with Crippen molar-refractivity contribution in [2.45, 2.75) is 31.8 Å². The van der Waals surface area contributed by atoms with Crippen molar-refractivity contribution < 1.29 is 14.3 Å². The highest BCUT2D eigenvalue weighted by atomic mass is 16.5. The molecule has 0 unspecified atom stereocenters. The number of ether oxygens (including phenoxy) is 1. The van der Waals surface area contributed by atoms with Crippen molar-refractivity contribution in [2.75, 3.05) is 20.2 Å². The van der Waals surface area contributed by atoms with Crippen LogP contribution in [0.15, 0.2) is 48.5 Å². The third kappa shape index (κ3) is 3.42. The first-order valence-electron chi connectivity index (χ1n) is 9.48. The van der Waals surface area contributed by atoms with Gasteiger partial charge in [-0.1, -0.05) is 30.3 Å². The summed E-state index contributed by atoms with van der Waals surface area (Å²) in [5.41, 5.74) is 2.73. The second kappa shape index (κ2) is 7.43. The number of nitrogens with zero attached hydrogens (tertiary/aromatic N) is 2. The van der Waals surface area contributed by atoms with E-state index in [4.69, 9.17) is 4.74 Å². The van der Waals surface area contributed by atoms with Gasteiger partial charge in [0.05, 0.1) is 19.6 Å². The van der Waals surface area contributed by atoms with Crippen LogP contribution in [0.2, 0.25) is 0 Å². The highest BCUT2D eigenvalue weighted by Gasteiger charge is 2.35. The van der Waals surface area contributed by atoms with Crippen molar-refractivity contribution in [1.82, 2.24) is 9.80 Å². The van der Waals surface area contributed by atoms with Gasteiger partial charge < -0.3 is 14.5 Å². The Kier molecular flexibility index (Phi) is 4.84. The van der Waals surface area contributed by atoms with E-state index >= 15 is 0 Å². The van der Waals surface area contributed by atoms with Gasteiger partial charge in [-0.2, -0.15) is 0 Å². The first-order valence-corrected chi connectivity index (χ1v) is 9.48. The fourth-order valence-electron chi connectivity index (χ4n) is 4.02. The number of likely N-dealkylation sites (tertiary alicyclic amines) is 1. The standard InChI is InChI=1S/C22H24N2O3/c1-27-18-10-8-16(9-11-18)20(14-21(25)23-12-4-5-13-23)24-15-17-6-2-3-7-19(17)22(24)26/h2-3,6-11,20H,4-5,12-15H2,1H3/t20-/m0/s1. The average molecular weight is 364 g/mol. The Morgan fingerprint density at radius 3 is 2.44 bits per heavy atom. The second-order valence-electron chi connectivity index (χ2n) is 7.17. The van der Waals surface area contributed by atoms with E-state index in [0.717, 1.165) is 48.4 Å². The molecule has 1 atom stereocenters. The molecule has 2 heterocycles. The van der Waals surface area contributed by atoms with Gasteiger partial charge >= 0.3 is 0 Å². The zero-order valence-electron chi connectivity index (χ0n) is 15.6. The van der Waals surface area contributed by atoms with Crippen LogP contribution in [0, 0.1) is 0 Å². The van der Waals surface area contributed by atoms with Crippen molar-refractivity contribution in [3.63, 3.8) is 0 Å². The summed E-state index contributed by atoms with van der Waals surface area (Å²) in [6.45, 7) is 2.18. The Bertz CT molecular complexity index is 841. The maximum absolute atomic E-state index is 13.0. The molecule has 1 fully saturated rings. The molecule has 0 saturated carbocycles. The molecule has 5 nitrogen and oxygen atoms in total. The lowest BCUT2D eigenvalue weighted by Gasteiger charge is -2.29. The van der Waals surface area contributed by atoms with E-state index in [9.17, 15) is 9.59 Å². The summed E-state index contributed by atoms with van der Waals surface area (Å²) in [7, 11) is 1.63. The number of amides is 2. The number of fused-ring (bicyclic) bond motifs is 1. The van der Waals surface area contributed by atoms with Gasteiger partial charge in [-0.05, 0) is 42.2 Å². The third-order valence-electron chi connectivity index (χ3n) is 5.55. The summed E-state index contributed by atoms with van der Waals surface area (Å²) >= 11 is 0. The summed E-state index contributed by atoms with van der Waals surface area (Å²) in [6, 6.07) is 15.1. The Hall–Kier alpha value is -2.82. The molecule has 2 aromatic rings. The highest BCUT2D eigenvalue weighted by Crippen LogP contribution is 2.34. The number of carbonyl (C=O) groups is 2. The monoisotopic (exact) mass is 364 g/mol. The average Bonchev–Trinajstić information content (AvgIpc) is 3.35. The number of rotatable bonds is 5. The second-order valence-corrected chi connectivity index (χ2v) is 7.17.